The molecule has 0 aromatic rings. The molecule has 1 amide bonds. The van der Waals surface area contributed by atoms with Gasteiger partial charge in [-0.2, -0.15) is 5.26 Å². The van der Waals surface area contributed by atoms with Gasteiger partial charge in [-0.15, -0.1) is 0 Å². The summed E-state index contributed by atoms with van der Waals surface area (Å²) in [7, 11) is 0. The molecule has 0 aliphatic heterocycles. The van der Waals surface area contributed by atoms with Gasteiger partial charge in [-0.3, -0.25) is 9.69 Å². The van der Waals surface area contributed by atoms with Gasteiger partial charge in [0.15, 0.2) is 0 Å². The Morgan fingerprint density at radius 3 is 2.47 bits per heavy atom. The molecule has 0 aromatic carbocycles. The molecule has 1 N–H and O–H groups in total. The maximum atomic E-state index is 11.6. The van der Waals surface area contributed by atoms with Gasteiger partial charge in [-0.1, -0.05) is 6.92 Å². The number of hydrogen-bond donors (Lipinski definition) is 1. The minimum atomic E-state index is -0.161. The summed E-state index contributed by atoms with van der Waals surface area (Å²) in [6, 6.07) is 2.02. The van der Waals surface area contributed by atoms with E-state index in [1.165, 1.54) is 0 Å². The van der Waals surface area contributed by atoms with Crippen molar-refractivity contribution >= 4 is 5.91 Å². The fourth-order valence-electron chi connectivity index (χ4n) is 1.44. The Hall–Kier alpha value is -1.08. The number of hydrogen-bond acceptors (Lipinski definition) is 3. The molecule has 0 heterocycles. The van der Waals surface area contributed by atoms with Gasteiger partial charge in [0, 0.05) is 13.1 Å². The normalized spacial score (nSPS) is 14.4. The lowest BCUT2D eigenvalue weighted by Crippen LogP contribution is -2.46. The van der Waals surface area contributed by atoms with E-state index in [0.29, 0.717) is 13.1 Å². The Morgan fingerprint density at radius 1 is 1.47 bits per heavy atom. The van der Waals surface area contributed by atoms with Crippen LogP contribution < -0.4 is 5.32 Å². The molecule has 2 unspecified atom stereocenters. The molecule has 15 heavy (non-hydrogen) atoms. The van der Waals surface area contributed by atoms with E-state index in [2.05, 4.69) is 11.4 Å². The molecule has 0 spiro atoms. The van der Waals surface area contributed by atoms with Crippen molar-refractivity contribution in [2.45, 2.75) is 33.7 Å². The summed E-state index contributed by atoms with van der Waals surface area (Å²) in [5, 5.41) is 11.5. The smallest absolute Gasteiger partial charge is 0.237 e. The van der Waals surface area contributed by atoms with Gasteiger partial charge >= 0.3 is 0 Å². The van der Waals surface area contributed by atoms with E-state index in [4.69, 9.17) is 5.26 Å². The second-order valence-electron chi connectivity index (χ2n) is 3.69. The zero-order valence-electron chi connectivity index (χ0n) is 10.1. The predicted molar refractivity (Wildman–Crippen MR) is 60.2 cm³/mol. The van der Waals surface area contributed by atoms with Crippen LogP contribution in [0.4, 0.5) is 0 Å². The number of carbonyl (C=O) groups is 1. The van der Waals surface area contributed by atoms with Crippen LogP contribution in [0.1, 0.15) is 27.7 Å². The second kappa shape index (κ2) is 7.24. The molecular formula is C11H21N3O. The number of rotatable bonds is 6. The Balaban J connectivity index is 4.28. The third kappa shape index (κ3) is 4.80. The molecule has 0 radical (unpaired) electrons. The first-order chi connectivity index (χ1) is 7.06. The van der Waals surface area contributed by atoms with Crippen LogP contribution in [0.3, 0.4) is 0 Å². The lowest BCUT2D eigenvalue weighted by Gasteiger charge is -2.27. The largest absolute Gasteiger partial charge is 0.355 e. The van der Waals surface area contributed by atoms with Gasteiger partial charge in [0.1, 0.15) is 0 Å². The Bertz CT molecular complexity index is 234. The number of nitrogens with zero attached hydrogens (tertiary/aromatic N) is 2. The fraction of sp³-hybridized carbons (Fsp3) is 0.818. The van der Waals surface area contributed by atoms with E-state index in [0.717, 1.165) is 6.54 Å². The maximum Gasteiger partial charge on any atom is 0.237 e. The van der Waals surface area contributed by atoms with Gasteiger partial charge in [-0.25, -0.2) is 0 Å². The van der Waals surface area contributed by atoms with Gasteiger partial charge < -0.3 is 5.32 Å². The topological polar surface area (TPSA) is 56.1 Å². The van der Waals surface area contributed by atoms with Crippen molar-refractivity contribution in [1.29, 1.82) is 5.26 Å². The average molecular weight is 211 g/mol. The Labute approximate surface area is 92.3 Å². The van der Waals surface area contributed by atoms with Crippen LogP contribution in [0.15, 0.2) is 0 Å². The lowest BCUT2D eigenvalue weighted by molar-refractivity contribution is -0.125. The van der Waals surface area contributed by atoms with E-state index in [9.17, 15) is 4.79 Å². The van der Waals surface area contributed by atoms with Crippen molar-refractivity contribution in [1.82, 2.24) is 10.2 Å². The Morgan fingerprint density at radius 2 is 2.07 bits per heavy atom. The van der Waals surface area contributed by atoms with Crippen LogP contribution >= 0.6 is 0 Å². The van der Waals surface area contributed by atoms with Crippen molar-refractivity contribution in [3.63, 3.8) is 0 Å². The summed E-state index contributed by atoms with van der Waals surface area (Å²) in [5.41, 5.74) is 0. The van der Waals surface area contributed by atoms with Gasteiger partial charge in [0.2, 0.25) is 5.91 Å². The fourth-order valence-corrected chi connectivity index (χ4v) is 1.44. The minimum absolute atomic E-state index is 0.0319. The second-order valence-corrected chi connectivity index (χ2v) is 3.69. The van der Waals surface area contributed by atoms with E-state index in [1.54, 1.807) is 0 Å². The Kier molecular flexibility index (Phi) is 6.72. The third-order valence-electron chi connectivity index (χ3n) is 2.41. The highest BCUT2D eigenvalue weighted by molar-refractivity contribution is 5.81. The van der Waals surface area contributed by atoms with Crippen molar-refractivity contribution in [2.24, 2.45) is 5.92 Å². The number of nitrogens with one attached hydrogen (secondary N) is 1. The molecule has 86 valence electrons. The molecule has 0 bridgehead atoms. The molecule has 0 saturated carbocycles. The highest BCUT2D eigenvalue weighted by atomic mass is 16.2. The standard InChI is InChI=1S/C11H21N3O/c1-5-13-11(15)10(4)14(6-2)8-9(3)7-12/h9-10H,5-6,8H2,1-4H3,(H,13,15). The summed E-state index contributed by atoms with van der Waals surface area (Å²) in [6.45, 7) is 9.72. The van der Waals surface area contributed by atoms with E-state index < -0.39 is 0 Å². The number of likely N-dealkylation sites (N-methyl/N-ethyl adjacent to an activating group) is 2. The zero-order valence-corrected chi connectivity index (χ0v) is 10.1. The van der Waals surface area contributed by atoms with E-state index >= 15 is 0 Å². The van der Waals surface area contributed by atoms with Crippen LogP contribution in [0, 0.1) is 17.2 Å². The first-order valence-electron chi connectivity index (χ1n) is 5.48. The highest BCUT2D eigenvalue weighted by Gasteiger charge is 2.20. The van der Waals surface area contributed by atoms with E-state index in [-0.39, 0.29) is 17.9 Å². The van der Waals surface area contributed by atoms with Crippen LogP contribution in [0.2, 0.25) is 0 Å². The maximum absolute atomic E-state index is 11.6. The summed E-state index contributed by atoms with van der Waals surface area (Å²) in [6.07, 6.45) is 0. The quantitative estimate of drug-likeness (QED) is 0.713. The van der Waals surface area contributed by atoms with E-state index in [1.807, 2.05) is 32.6 Å². The first kappa shape index (κ1) is 13.9. The van der Waals surface area contributed by atoms with Gasteiger partial charge in [-0.05, 0) is 27.3 Å². The molecular weight excluding hydrogens is 190 g/mol. The third-order valence-corrected chi connectivity index (χ3v) is 2.41. The van der Waals surface area contributed by atoms with Crippen LogP contribution in [0.25, 0.3) is 0 Å². The molecule has 0 fully saturated rings. The molecule has 0 saturated heterocycles. The molecule has 0 aliphatic carbocycles. The van der Waals surface area contributed by atoms with Crippen LogP contribution in [-0.4, -0.2) is 36.5 Å². The van der Waals surface area contributed by atoms with Crippen LogP contribution in [-0.2, 0) is 4.79 Å². The van der Waals surface area contributed by atoms with Gasteiger partial charge in [0.05, 0.1) is 18.0 Å². The van der Waals surface area contributed by atoms with Crippen LogP contribution in [0.5, 0.6) is 0 Å². The molecule has 4 nitrogen and oxygen atoms in total. The first-order valence-corrected chi connectivity index (χ1v) is 5.48. The van der Waals surface area contributed by atoms with Crippen molar-refractivity contribution in [3.05, 3.63) is 0 Å². The number of amides is 1. The summed E-state index contributed by atoms with van der Waals surface area (Å²) in [5.74, 6) is -0.00804. The summed E-state index contributed by atoms with van der Waals surface area (Å²) < 4.78 is 0. The summed E-state index contributed by atoms with van der Waals surface area (Å²) >= 11 is 0. The molecule has 0 rings (SSSR count). The molecule has 4 heteroatoms. The summed E-state index contributed by atoms with van der Waals surface area (Å²) in [4.78, 5) is 13.6. The lowest BCUT2D eigenvalue weighted by atomic mass is 10.1. The average Bonchev–Trinajstić information content (AvgIpc) is 2.24. The predicted octanol–water partition coefficient (Wildman–Crippen LogP) is 0.993. The SMILES string of the molecule is CCNC(=O)C(C)N(CC)CC(C)C#N. The molecule has 2 atom stereocenters. The van der Waals surface area contributed by atoms with Crippen molar-refractivity contribution < 1.29 is 4.79 Å². The van der Waals surface area contributed by atoms with Gasteiger partial charge in [0.25, 0.3) is 0 Å². The molecule has 0 aliphatic rings. The van der Waals surface area contributed by atoms with Crippen molar-refractivity contribution in [2.75, 3.05) is 19.6 Å². The minimum Gasteiger partial charge on any atom is -0.355 e. The zero-order chi connectivity index (χ0) is 11.8. The van der Waals surface area contributed by atoms with Crippen molar-refractivity contribution in [3.8, 4) is 6.07 Å². The number of nitriles is 1. The monoisotopic (exact) mass is 211 g/mol. The molecule has 0 aromatic heterocycles. The number of carbonyl (C=O) groups excluding carboxylic acids is 1. The highest BCUT2D eigenvalue weighted by Crippen LogP contribution is 2.04.